The lowest BCUT2D eigenvalue weighted by molar-refractivity contribution is -0.144. The van der Waals surface area contributed by atoms with Crippen molar-refractivity contribution in [2.75, 3.05) is 0 Å². The maximum atomic E-state index is 12.9. The molecular weight excluding hydrogens is 394 g/mol. The van der Waals surface area contributed by atoms with Gasteiger partial charge in [-0.15, -0.1) is 0 Å². The van der Waals surface area contributed by atoms with Crippen LogP contribution in [0, 0.1) is 11.8 Å². The molecule has 0 fully saturated rings. The highest BCUT2D eigenvalue weighted by Gasteiger charge is 2.32. The van der Waals surface area contributed by atoms with Crippen molar-refractivity contribution in [1.82, 2.24) is 16.0 Å². The smallest absolute Gasteiger partial charge is 0.326 e. The van der Waals surface area contributed by atoms with Crippen molar-refractivity contribution in [2.45, 2.75) is 78.0 Å². The number of hydrogen-bond donors (Lipinski definition) is 6. The lowest BCUT2D eigenvalue weighted by Gasteiger charge is -2.28. The summed E-state index contributed by atoms with van der Waals surface area (Å²) >= 11 is 0. The molecule has 0 aromatic heterocycles. The van der Waals surface area contributed by atoms with Gasteiger partial charge in [-0.05, 0) is 25.2 Å². The minimum atomic E-state index is -1.51. The molecule has 0 aliphatic rings. The van der Waals surface area contributed by atoms with E-state index in [4.69, 9.17) is 11.5 Å². The second-order valence-corrected chi connectivity index (χ2v) is 7.92. The number of hydrogen-bond acceptors (Lipinski definition) is 6. The zero-order valence-corrected chi connectivity index (χ0v) is 18.2. The van der Waals surface area contributed by atoms with Gasteiger partial charge < -0.3 is 32.5 Å². The molecule has 0 aliphatic heterocycles. The average molecular weight is 430 g/mol. The Balaban J connectivity index is 5.51. The van der Waals surface area contributed by atoms with Gasteiger partial charge in [0, 0.05) is 0 Å². The Hall–Kier alpha value is -2.69. The van der Waals surface area contributed by atoms with Gasteiger partial charge in [0.25, 0.3) is 0 Å². The standard InChI is InChI=1S/C19H35N5O6/c1-6-10(4)15(24-16(26)11(5)20)18(28)22-12(7-9(2)3)17(27)23-13(19(29)30)8-14(21)25/h9-13,15H,6-8,20H2,1-5H3,(H2,21,25)(H,22,28)(H,23,27)(H,24,26)(H,29,30). The highest BCUT2D eigenvalue weighted by atomic mass is 16.4. The van der Waals surface area contributed by atoms with Crippen LogP contribution in [0.15, 0.2) is 0 Å². The summed E-state index contributed by atoms with van der Waals surface area (Å²) in [4.78, 5) is 59.9. The molecule has 0 saturated carbocycles. The molecular formula is C19H35N5O6. The molecule has 0 saturated heterocycles. The first-order chi connectivity index (χ1) is 13.8. The zero-order valence-electron chi connectivity index (χ0n) is 18.2. The maximum Gasteiger partial charge on any atom is 0.326 e. The van der Waals surface area contributed by atoms with Gasteiger partial charge in [0.2, 0.25) is 23.6 Å². The molecule has 11 nitrogen and oxygen atoms in total. The Kier molecular flexibility index (Phi) is 11.6. The van der Waals surface area contributed by atoms with Crippen LogP contribution in [0.5, 0.6) is 0 Å². The molecule has 8 N–H and O–H groups in total. The van der Waals surface area contributed by atoms with Crippen molar-refractivity contribution in [3.63, 3.8) is 0 Å². The zero-order chi connectivity index (χ0) is 23.6. The highest BCUT2D eigenvalue weighted by molar-refractivity contribution is 5.94. The van der Waals surface area contributed by atoms with Crippen molar-refractivity contribution in [3.8, 4) is 0 Å². The largest absolute Gasteiger partial charge is 0.480 e. The molecule has 0 aromatic rings. The van der Waals surface area contributed by atoms with E-state index in [9.17, 15) is 29.1 Å². The summed E-state index contributed by atoms with van der Waals surface area (Å²) in [7, 11) is 0. The molecule has 5 atom stereocenters. The van der Waals surface area contributed by atoms with Gasteiger partial charge in [0.05, 0.1) is 12.5 Å². The third-order valence-corrected chi connectivity index (χ3v) is 4.57. The van der Waals surface area contributed by atoms with Crippen LogP contribution in [0.1, 0.15) is 53.9 Å². The molecule has 0 aromatic carbocycles. The summed E-state index contributed by atoms with van der Waals surface area (Å²) in [6, 6.07) is -4.31. The van der Waals surface area contributed by atoms with Gasteiger partial charge in [-0.3, -0.25) is 19.2 Å². The van der Waals surface area contributed by atoms with Crippen molar-refractivity contribution in [3.05, 3.63) is 0 Å². The van der Waals surface area contributed by atoms with Gasteiger partial charge >= 0.3 is 5.97 Å². The van der Waals surface area contributed by atoms with E-state index < -0.39 is 60.2 Å². The van der Waals surface area contributed by atoms with Gasteiger partial charge in [-0.1, -0.05) is 34.1 Å². The lowest BCUT2D eigenvalue weighted by atomic mass is 9.96. The molecule has 0 radical (unpaired) electrons. The molecule has 0 heterocycles. The fraction of sp³-hybridized carbons (Fsp3) is 0.737. The van der Waals surface area contributed by atoms with Crippen LogP contribution in [0.4, 0.5) is 0 Å². The quantitative estimate of drug-likeness (QED) is 0.212. The molecule has 172 valence electrons. The van der Waals surface area contributed by atoms with Crippen LogP contribution in [-0.2, 0) is 24.0 Å². The molecule has 0 spiro atoms. The topological polar surface area (TPSA) is 194 Å². The number of carboxylic acid groups (broad SMARTS) is 1. The summed E-state index contributed by atoms with van der Waals surface area (Å²) in [5.74, 6) is -4.40. The number of amides is 4. The summed E-state index contributed by atoms with van der Waals surface area (Å²) in [6.07, 6.45) is 0.219. The number of primary amides is 1. The van der Waals surface area contributed by atoms with Gasteiger partial charge in [0.15, 0.2) is 0 Å². The lowest BCUT2D eigenvalue weighted by Crippen LogP contribution is -2.58. The van der Waals surface area contributed by atoms with Gasteiger partial charge in [-0.2, -0.15) is 0 Å². The van der Waals surface area contributed by atoms with Crippen LogP contribution in [0.3, 0.4) is 0 Å². The van der Waals surface area contributed by atoms with E-state index >= 15 is 0 Å². The number of carbonyl (C=O) groups excluding carboxylic acids is 4. The molecule has 30 heavy (non-hydrogen) atoms. The Bertz CT molecular complexity index is 637. The molecule has 0 rings (SSSR count). The van der Waals surface area contributed by atoms with Crippen LogP contribution < -0.4 is 27.4 Å². The highest BCUT2D eigenvalue weighted by Crippen LogP contribution is 2.11. The number of carbonyl (C=O) groups is 5. The molecule has 0 aliphatic carbocycles. The predicted octanol–water partition coefficient (Wildman–Crippen LogP) is -1.16. The van der Waals surface area contributed by atoms with E-state index in [1.807, 2.05) is 20.8 Å². The van der Waals surface area contributed by atoms with E-state index in [-0.39, 0.29) is 18.3 Å². The first kappa shape index (κ1) is 27.3. The average Bonchev–Trinajstić information content (AvgIpc) is 2.62. The first-order valence-corrected chi connectivity index (χ1v) is 9.97. The third-order valence-electron chi connectivity index (χ3n) is 4.57. The number of carboxylic acids is 1. The Morgan fingerprint density at radius 3 is 1.80 bits per heavy atom. The van der Waals surface area contributed by atoms with Crippen LogP contribution >= 0.6 is 0 Å². The number of nitrogens with one attached hydrogen (secondary N) is 3. The normalized spacial score (nSPS) is 16.0. The molecule has 5 unspecified atom stereocenters. The monoisotopic (exact) mass is 429 g/mol. The summed E-state index contributed by atoms with van der Waals surface area (Å²) in [6.45, 7) is 8.77. The van der Waals surface area contributed by atoms with Crippen molar-refractivity contribution in [1.29, 1.82) is 0 Å². The summed E-state index contributed by atoms with van der Waals surface area (Å²) in [5.41, 5.74) is 10.6. The third kappa shape index (κ3) is 9.68. The van der Waals surface area contributed by atoms with Crippen LogP contribution in [0.2, 0.25) is 0 Å². The molecule has 0 bridgehead atoms. The second kappa shape index (κ2) is 12.8. The van der Waals surface area contributed by atoms with Crippen molar-refractivity contribution < 1.29 is 29.1 Å². The minimum absolute atomic E-state index is 0.0128. The van der Waals surface area contributed by atoms with E-state index in [2.05, 4.69) is 16.0 Å². The fourth-order valence-electron chi connectivity index (χ4n) is 2.62. The van der Waals surface area contributed by atoms with Crippen molar-refractivity contribution in [2.24, 2.45) is 23.3 Å². The fourth-order valence-corrected chi connectivity index (χ4v) is 2.62. The Morgan fingerprint density at radius 1 is 0.867 bits per heavy atom. The van der Waals surface area contributed by atoms with E-state index in [0.717, 1.165) is 0 Å². The van der Waals surface area contributed by atoms with E-state index in [1.54, 1.807) is 6.92 Å². The summed E-state index contributed by atoms with van der Waals surface area (Å²) in [5, 5.41) is 16.6. The SMILES string of the molecule is CCC(C)C(NC(=O)C(C)N)C(=O)NC(CC(C)C)C(=O)NC(CC(N)=O)C(=O)O. The summed E-state index contributed by atoms with van der Waals surface area (Å²) < 4.78 is 0. The molecule has 4 amide bonds. The van der Waals surface area contributed by atoms with E-state index in [1.165, 1.54) is 6.92 Å². The van der Waals surface area contributed by atoms with Gasteiger partial charge in [0.1, 0.15) is 18.1 Å². The van der Waals surface area contributed by atoms with Crippen LogP contribution in [0.25, 0.3) is 0 Å². The minimum Gasteiger partial charge on any atom is -0.480 e. The van der Waals surface area contributed by atoms with Crippen molar-refractivity contribution >= 4 is 29.6 Å². The number of aliphatic carboxylic acids is 1. The van der Waals surface area contributed by atoms with E-state index in [0.29, 0.717) is 6.42 Å². The first-order valence-electron chi connectivity index (χ1n) is 9.97. The maximum absolute atomic E-state index is 12.9. The molecule has 11 heteroatoms. The van der Waals surface area contributed by atoms with Crippen LogP contribution in [-0.4, -0.2) is 58.9 Å². The number of rotatable bonds is 13. The predicted molar refractivity (Wildman–Crippen MR) is 110 cm³/mol. The Morgan fingerprint density at radius 2 is 1.40 bits per heavy atom. The Labute approximate surface area is 176 Å². The van der Waals surface area contributed by atoms with Gasteiger partial charge in [-0.25, -0.2) is 4.79 Å². The second-order valence-electron chi connectivity index (χ2n) is 7.92. The number of nitrogens with two attached hydrogens (primary N) is 2.